The molecule has 3 aromatic rings. The highest BCUT2D eigenvalue weighted by molar-refractivity contribution is 7.07. The van der Waals surface area contributed by atoms with E-state index in [4.69, 9.17) is 9.63 Å². The molecule has 0 bridgehead atoms. The van der Waals surface area contributed by atoms with Crippen molar-refractivity contribution in [3.05, 3.63) is 40.7 Å². The summed E-state index contributed by atoms with van der Waals surface area (Å²) in [5.74, 6) is -0.526. The number of nitrogens with zero attached hydrogens (tertiary/aromatic N) is 3. The van der Waals surface area contributed by atoms with Gasteiger partial charge in [-0.15, -0.1) is 11.3 Å². The van der Waals surface area contributed by atoms with E-state index in [9.17, 15) is 4.79 Å². The fraction of sp³-hybridized carbons (Fsp3) is 0. The molecule has 19 heavy (non-hydrogen) atoms. The van der Waals surface area contributed by atoms with Gasteiger partial charge in [0, 0.05) is 5.38 Å². The average Bonchev–Trinajstić information content (AvgIpc) is 3.09. The third kappa shape index (κ3) is 2.11. The molecule has 1 N–H and O–H groups in total. The summed E-state index contributed by atoms with van der Waals surface area (Å²) in [6, 6.07) is 6.48. The number of hydrogen-bond acceptors (Lipinski definition) is 6. The summed E-state index contributed by atoms with van der Waals surface area (Å²) < 4.78 is 5.11. The molecule has 0 aliphatic rings. The zero-order valence-electron chi connectivity index (χ0n) is 9.48. The van der Waals surface area contributed by atoms with E-state index in [1.165, 1.54) is 17.4 Å². The van der Waals surface area contributed by atoms with Crippen LogP contribution in [-0.2, 0) is 0 Å². The molecule has 0 amide bonds. The van der Waals surface area contributed by atoms with Gasteiger partial charge in [-0.25, -0.2) is 9.78 Å². The van der Waals surface area contributed by atoms with Crippen molar-refractivity contribution in [2.24, 2.45) is 0 Å². The van der Waals surface area contributed by atoms with E-state index in [0.717, 1.165) is 0 Å². The van der Waals surface area contributed by atoms with Crippen molar-refractivity contribution >= 4 is 17.3 Å². The number of aromatic carboxylic acids is 1. The molecule has 0 saturated heterocycles. The van der Waals surface area contributed by atoms with Gasteiger partial charge in [-0.3, -0.25) is 0 Å². The molecule has 1 aromatic carbocycles. The Morgan fingerprint density at radius 3 is 2.89 bits per heavy atom. The topological polar surface area (TPSA) is 89.1 Å². The van der Waals surface area contributed by atoms with Gasteiger partial charge >= 0.3 is 5.97 Å². The van der Waals surface area contributed by atoms with Crippen molar-refractivity contribution in [2.45, 2.75) is 0 Å². The summed E-state index contributed by atoms with van der Waals surface area (Å²) in [4.78, 5) is 19.4. The number of carboxylic acid groups (broad SMARTS) is 1. The second-order valence-corrected chi connectivity index (χ2v) is 4.37. The molecule has 0 fully saturated rings. The Balaban J connectivity index is 2.06. The second-order valence-electron chi connectivity index (χ2n) is 3.65. The molecule has 0 radical (unpaired) electrons. The minimum absolute atomic E-state index is 0.121. The van der Waals surface area contributed by atoms with E-state index in [2.05, 4.69) is 15.1 Å². The van der Waals surface area contributed by atoms with E-state index in [1.807, 2.05) is 0 Å². The van der Waals surface area contributed by atoms with Gasteiger partial charge in [-0.1, -0.05) is 17.3 Å². The van der Waals surface area contributed by atoms with Crippen molar-refractivity contribution in [1.29, 1.82) is 0 Å². The van der Waals surface area contributed by atoms with Gasteiger partial charge in [0.15, 0.2) is 0 Å². The maximum atomic E-state index is 11.1. The highest BCUT2D eigenvalue weighted by Crippen LogP contribution is 2.24. The zero-order chi connectivity index (χ0) is 13.2. The largest absolute Gasteiger partial charge is 0.478 e. The SMILES string of the molecule is O=C(O)c1ccccc1-c1nc(-c2cscn2)no1. The summed E-state index contributed by atoms with van der Waals surface area (Å²) in [5, 5.41) is 14.7. The van der Waals surface area contributed by atoms with Gasteiger partial charge in [0.2, 0.25) is 5.82 Å². The van der Waals surface area contributed by atoms with Crippen LogP contribution in [0, 0.1) is 0 Å². The summed E-state index contributed by atoms with van der Waals surface area (Å²) in [5.41, 5.74) is 2.78. The molecule has 2 heterocycles. The van der Waals surface area contributed by atoms with Crippen LogP contribution >= 0.6 is 11.3 Å². The Kier molecular flexibility index (Phi) is 2.81. The highest BCUT2D eigenvalue weighted by atomic mass is 32.1. The van der Waals surface area contributed by atoms with Crippen LogP contribution in [0.1, 0.15) is 10.4 Å². The lowest BCUT2D eigenvalue weighted by molar-refractivity contribution is 0.0697. The minimum Gasteiger partial charge on any atom is -0.478 e. The Bertz CT molecular complexity index is 721. The smallest absolute Gasteiger partial charge is 0.336 e. The summed E-state index contributed by atoms with van der Waals surface area (Å²) >= 11 is 1.42. The maximum absolute atomic E-state index is 11.1. The van der Waals surface area contributed by atoms with Crippen molar-refractivity contribution < 1.29 is 14.4 Å². The lowest BCUT2D eigenvalue weighted by atomic mass is 10.1. The van der Waals surface area contributed by atoms with Crippen LogP contribution in [0.4, 0.5) is 0 Å². The van der Waals surface area contributed by atoms with Crippen LogP contribution in [0.2, 0.25) is 0 Å². The highest BCUT2D eigenvalue weighted by Gasteiger charge is 2.17. The zero-order valence-corrected chi connectivity index (χ0v) is 10.3. The van der Waals surface area contributed by atoms with Crippen LogP contribution in [-0.4, -0.2) is 26.2 Å². The second kappa shape index (κ2) is 4.62. The molecule has 0 aliphatic heterocycles. The van der Waals surface area contributed by atoms with E-state index < -0.39 is 5.97 Å². The molecule has 0 spiro atoms. The third-order valence-corrected chi connectivity index (χ3v) is 3.06. The Hall–Kier alpha value is -2.54. The number of aromatic nitrogens is 3. The molecule has 0 unspecified atom stereocenters. The first kappa shape index (κ1) is 11.5. The predicted octanol–water partition coefficient (Wildman–Crippen LogP) is 2.56. The Labute approximate surface area is 111 Å². The van der Waals surface area contributed by atoms with Crippen LogP contribution in [0.3, 0.4) is 0 Å². The third-order valence-electron chi connectivity index (χ3n) is 2.48. The van der Waals surface area contributed by atoms with Gasteiger partial charge in [0.05, 0.1) is 16.6 Å². The average molecular weight is 273 g/mol. The molecule has 0 atom stereocenters. The first-order chi connectivity index (χ1) is 9.25. The quantitative estimate of drug-likeness (QED) is 0.788. The number of hydrogen-bond donors (Lipinski definition) is 1. The van der Waals surface area contributed by atoms with Crippen molar-refractivity contribution in [1.82, 2.24) is 15.1 Å². The van der Waals surface area contributed by atoms with Gasteiger partial charge < -0.3 is 9.63 Å². The first-order valence-corrected chi connectivity index (χ1v) is 6.25. The Morgan fingerprint density at radius 2 is 2.16 bits per heavy atom. The summed E-state index contributed by atoms with van der Waals surface area (Å²) in [6.07, 6.45) is 0. The summed E-state index contributed by atoms with van der Waals surface area (Å²) in [6.45, 7) is 0. The van der Waals surface area contributed by atoms with E-state index in [1.54, 1.807) is 29.1 Å². The molecular weight excluding hydrogens is 266 g/mol. The van der Waals surface area contributed by atoms with Crippen LogP contribution in [0.5, 0.6) is 0 Å². The fourth-order valence-corrected chi connectivity index (χ4v) is 2.15. The van der Waals surface area contributed by atoms with Gasteiger partial charge in [-0.2, -0.15) is 4.98 Å². The standard InChI is InChI=1S/C12H7N3O3S/c16-12(17)8-4-2-1-3-7(8)11-14-10(15-18-11)9-5-19-6-13-9/h1-6H,(H,16,17). The van der Waals surface area contributed by atoms with E-state index in [0.29, 0.717) is 17.1 Å². The number of rotatable bonds is 3. The number of benzene rings is 1. The molecule has 3 rings (SSSR count). The Morgan fingerprint density at radius 1 is 1.32 bits per heavy atom. The van der Waals surface area contributed by atoms with Crippen LogP contribution < -0.4 is 0 Å². The molecule has 6 nitrogen and oxygen atoms in total. The van der Waals surface area contributed by atoms with Gasteiger partial charge in [0.1, 0.15) is 5.69 Å². The maximum Gasteiger partial charge on any atom is 0.336 e. The lowest BCUT2D eigenvalue weighted by Crippen LogP contribution is -1.99. The van der Waals surface area contributed by atoms with Crippen LogP contribution in [0.25, 0.3) is 23.0 Å². The molecule has 94 valence electrons. The van der Waals surface area contributed by atoms with E-state index in [-0.39, 0.29) is 11.5 Å². The number of carbonyl (C=O) groups is 1. The van der Waals surface area contributed by atoms with Crippen molar-refractivity contribution in [3.63, 3.8) is 0 Å². The first-order valence-electron chi connectivity index (χ1n) is 5.30. The monoisotopic (exact) mass is 273 g/mol. The lowest BCUT2D eigenvalue weighted by Gasteiger charge is -1.99. The molecule has 0 saturated carbocycles. The number of thiazole rings is 1. The van der Waals surface area contributed by atoms with Crippen molar-refractivity contribution in [2.75, 3.05) is 0 Å². The van der Waals surface area contributed by atoms with Crippen molar-refractivity contribution in [3.8, 4) is 23.0 Å². The van der Waals surface area contributed by atoms with Gasteiger partial charge in [0.25, 0.3) is 5.89 Å². The fourth-order valence-electron chi connectivity index (χ4n) is 1.62. The number of carboxylic acids is 1. The van der Waals surface area contributed by atoms with E-state index >= 15 is 0 Å². The molecular formula is C12H7N3O3S. The molecule has 0 aliphatic carbocycles. The predicted molar refractivity (Wildman–Crippen MR) is 67.8 cm³/mol. The molecule has 7 heteroatoms. The summed E-state index contributed by atoms with van der Waals surface area (Å²) in [7, 11) is 0. The molecule has 2 aromatic heterocycles. The van der Waals surface area contributed by atoms with Gasteiger partial charge in [-0.05, 0) is 12.1 Å². The normalized spacial score (nSPS) is 10.5. The van der Waals surface area contributed by atoms with Crippen LogP contribution in [0.15, 0.2) is 39.7 Å². The minimum atomic E-state index is -1.04.